The molecule has 3 rings (SSSR count). The largest absolute Gasteiger partial charge is 0.497 e. The summed E-state index contributed by atoms with van der Waals surface area (Å²) in [5, 5.41) is 7.13. The monoisotopic (exact) mass is 574 g/mol. The molecule has 2 N–H and O–H groups in total. The minimum absolute atomic E-state index is 0. The molecule has 33 heavy (non-hydrogen) atoms. The summed E-state index contributed by atoms with van der Waals surface area (Å²) in [6.07, 6.45) is 4.55. The van der Waals surface area contributed by atoms with Crippen LogP contribution < -0.4 is 25.0 Å². The number of guanidine groups is 1. The van der Waals surface area contributed by atoms with Crippen molar-refractivity contribution in [1.29, 1.82) is 0 Å². The van der Waals surface area contributed by atoms with Crippen molar-refractivity contribution in [2.75, 3.05) is 85.6 Å². The maximum absolute atomic E-state index is 5.42. The van der Waals surface area contributed by atoms with Gasteiger partial charge in [-0.2, -0.15) is 0 Å². The van der Waals surface area contributed by atoms with Crippen molar-refractivity contribution in [1.82, 2.24) is 20.4 Å². The lowest BCUT2D eigenvalue weighted by Gasteiger charge is -2.34. The number of nitrogens with one attached hydrogen (secondary N) is 2. The Morgan fingerprint density at radius 1 is 1.00 bits per heavy atom. The Morgan fingerprint density at radius 2 is 1.70 bits per heavy atom. The number of likely N-dealkylation sites (N-methyl/N-ethyl adjacent to an activating group) is 1. The molecule has 8 nitrogen and oxygen atoms in total. The van der Waals surface area contributed by atoms with E-state index in [2.05, 4.69) is 49.5 Å². The van der Waals surface area contributed by atoms with Crippen LogP contribution in [0.5, 0.6) is 11.5 Å². The highest BCUT2D eigenvalue weighted by Crippen LogP contribution is 2.30. The average Bonchev–Trinajstić information content (AvgIpc) is 3.04. The van der Waals surface area contributed by atoms with E-state index < -0.39 is 0 Å². The molecule has 0 spiro atoms. The second-order valence-electron chi connectivity index (χ2n) is 8.83. The molecule has 1 aromatic carbocycles. The summed E-state index contributed by atoms with van der Waals surface area (Å²) in [5.41, 5.74) is 1.15. The summed E-state index contributed by atoms with van der Waals surface area (Å²) in [5.74, 6) is 2.58. The standard InChI is InChI=1S/C24H42N6O2.HI/c1-25-24(26-9-5-11-29-12-6-10-28(2)15-16-29)27-20-7-13-30(14-8-20)21-17-22(31-3)19-23(18-21)32-4;/h17-20H,5-16H2,1-4H3,(H2,25,26,27);1H. The van der Waals surface area contributed by atoms with Crippen molar-refractivity contribution in [2.45, 2.75) is 31.7 Å². The highest BCUT2D eigenvalue weighted by Gasteiger charge is 2.21. The third-order valence-electron chi connectivity index (χ3n) is 6.52. The molecule has 2 aliphatic rings. The van der Waals surface area contributed by atoms with E-state index in [1.54, 1.807) is 14.2 Å². The zero-order chi connectivity index (χ0) is 22.8. The summed E-state index contributed by atoms with van der Waals surface area (Å²) in [6.45, 7) is 8.89. The highest BCUT2D eigenvalue weighted by molar-refractivity contribution is 14.0. The fourth-order valence-electron chi connectivity index (χ4n) is 4.48. The number of methoxy groups -OCH3 is 2. The van der Waals surface area contributed by atoms with E-state index in [0.29, 0.717) is 6.04 Å². The van der Waals surface area contributed by atoms with Crippen molar-refractivity contribution in [3.63, 3.8) is 0 Å². The highest BCUT2D eigenvalue weighted by atomic mass is 127. The molecule has 2 saturated heterocycles. The van der Waals surface area contributed by atoms with Gasteiger partial charge in [-0.05, 0) is 52.4 Å². The molecule has 188 valence electrons. The maximum atomic E-state index is 5.42. The molecule has 0 amide bonds. The normalized spacial score (nSPS) is 18.9. The molecule has 0 aromatic heterocycles. The van der Waals surface area contributed by atoms with E-state index in [-0.39, 0.29) is 24.0 Å². The summed E-state index contributed by atoms with van der Waals surface area (Å²) in [7, 11) is 7.47. The van der Waals surface area contributed by atoms with E-state index in [4.69, 9.17) is 9.47 Å². The van der Waals surface area contributed by atoms with Gasteiger partial charge in [0, 0.05) is 69.7 Å². The van der Waals surface area contributed by atoms with E-state index >= 15 is 0 Å². The van der Waals surface area contributed by atoms with Crippen LogP contribution in [0, 0.1) is 0 Å². The topological polar surface area (TPSA) is 64.6 Å². The third kappa shape index (κ3) is 9.01. The fraction of sp³-hybridized carbons (Fsp3) is 0.708. The van der Waals surface area contributed by atoms with Gasteiger partial charge in [0.1, 0.15) is 11.5 Å². The van der Waals surface area contributed by atoms with E-state index in [1.165, 1.54) is 32.6 Å². The first-order valence-corrected chi connectivity index (χ1v) is 12.0. The van der Waals surface area contributed by atoms with Crippen molar-refractivity contribution in [3.05, 3.63) is 18.2 Å². The number of ether oxygens (including phenoxy) is 2. The fourth-order valence-corrected chi connectivity index (χ4v) is 4.48. The lowest BCUT2D eigenvalue weighted by molar-refractivity contribution is 0.273. The lowest BCUT2D eigenvalue weighted by atomic mass is 10.0. The first-order valence-electron chi connectivity index (χ1n) is 12.0. The van der Waals surface area contributed by atoms with Crippen molar-refractivity contribution >= 4 is 35.6 Å². The molecule has 0 radical (unpaired) electrons. The van der Waals surface area contributed by atoms with Crippen molar-refractivity contribution in [3.8, 4) is 11.5 Å². The number of hydrogen-bond donors (Lipinski definition) is 2. The zero-order valence-corrected chi connectivity index (χ0v) is 23.1. The lowest BCUT2D eigenvalue weighted by Crippen LogP contribution is -2.49. The van der Waals surface area contributed by atoms with Gasteiger partial charge in [0.2, 0.25) is 0 Å². The van der Waals surface area contributed by atoms with Crippen molar-refractivity contribution in [2.24, 2.45) is 4.99 Å². The van der Waals surface area contributed by atoms with Crippen LogP contribution >= 0.6 is 24.0 Å². The molecular formula is C24H43IN6O2. The van der Waals surface area contributed by atoms with Crippen LogP contribution in [0.25, 0.3) is 0 Å². The van der Waals surface area contributed by atoms with Gasteiger partial charge in [0.25, 0.3) is 0 Å². The molecule has 2 heterocycles. The molecule has 1 aromatic rings. The van der Waals surface area contributed by atoms with Crippen LogP contribution in [0.3, 0.4) is 0 Å². The molecule has 2 aliphatic heterocycles. The van der Waals surface area contributed by atoms with Gasteiger partial charge in [0.15, 0.2) is 5.96 Å². The molecule has 0 atom stereocenters. The van der Waals surface area contributed by atoms with Gasteiger partial charge >= 0.3 is 0 Å². The Hall–Kier alpha value is -1.46. The molecule has 0 saturated carbocycles. The molecule has 9 heteroatoms. The molecule has 0 aliphatic carbocycles. The Balaban J connectivity index is 0.00000385. The zero-order valence-electron chi connectivity index (χ0n) is 20.8. The number of piperidine rings is 1. The van der Waals surface area contributed by atoms with Gasteiger partial charge in [-0.15, -0.1) is 24.0 Å². The Bertz CT molecular complexity index is 705. The van der Waals surface area contributed by atoms with Gasteiger partial charge < -0.3 is 34.8 Å². The number of nitrogens with zero attached hydrogens (tertiary/aromatic N) is 4. The van der Waals surface area contributed by atoms with Gasteiger partial charge in [0.05, 0.1) is 14.2 Å². The van der Waals surface area contributed by atoms with Crippen LogP contribution in [-0.4, -0.2) is 102 Å². The third-order valence-corrected chi connectivity index (χ3v) is 6.52. The van der Waals surface area contributed by atoms with E-state index in [9.17, 15) is 0 Å². The first kappa shape index (κ1) is 27.8. The quantitative estimate of drug-likeness (QED) is 0.214. The van der Waals surface area contributed by atoms with E-state index in [1.807, 2.05) is 13.1 Å². The Morgan fingerprint density at radius 3 is 2.33 bits per heavy atom. The predicted octanol–water partition coefficient (Wildman–Crippen LogP) is 2.48. The number of benzene rings is 1. The number of rotatable bonds is 8. The first-order chi connectivity index (χ1) is 15.6. The van der Waals surface area contributed by atoms with Gasteiger partial charge in [-0.1, -0.05) is 0 Å². The summed E-state index contributed by atoms with van der Waals surface area (Å²) >= 11 is 0. The SMILES string of the molecule is CN=C(NCCCN1CCCN(C)CC1)NC1CCN(c2cc(OC)cc(OC)c2)CC1.I. The second kappa shape index (κ2) is 14.7. The number of halogens is 1. The van der Waals surface area contributed by atoms with Crippen LogP contribution in [0.4, 0.5) is 5.69 Å². The Kier molecular flexibility index (Phi) is 12.4. The van der Waals surface area contributed by atoms with Crippen LogP contribution in [0.1, 0.15) is 25.7 Å². The minimum atomic E-state index is 0. The maximum Gasteiger partial charge on any atom is 0.191 e. The summed E-state index contributed by atoms with van der Waals surface area (Å²) < 4.78 is 10.8. The molecule has 0 bridgehead atoms. The molecule has 0 unspecified atom stereocenters. The number of aliphatic imine (C=N–C) groups is 1. The smallest absolute Gasteiger partial charge is 0.191 e. The van der Waals surface area contributed by atoms with Gasteiger partial charge in [-0.25, -0.2) is 0 Å². The number of anilines is 1. The Labute approximate surface area is 217 Å². The van der Waals surface area contributed by atoms with Crippen LogP contribution in [-0.2, 0) is 0 Å². The minimum Gasteiger partial charge on any atom is -0.497 e. The molecule has 2 fully saturated rings. The van der Waals surface area contributed by atoms with Crippen LogP contribution in [0.2, 0.25) is 0 Å². The summed E-state index contributed by atoms with van der Waals surface area (Å²) in [4.78, 5) is 11.9. The van der Waals surface area contributed by atoms with Gasteiger partial charge in [-0.3, -0.25) is 4.99 Å². The predicted molar refractivity (Wildman–Crippen MR) is 148 cm³/mol. The van der Waals surface area contributed by atoms with Crippen LogP contribution in [0.15, 0.2) is 23.2 Å². The molecular weight excluding hydrogens is 531 g/mol. The van der Waals surface area contributed by atoms with Crippen molar-refractivity contribution < 1.29 is 9.47 Å². The summed E-state index contributed by atoms with van der Waals surface area (Å²) in [6, 6.07) is 6.52. The second-order valence-corrected chi connectivity index (χ2v) is 8.83. The average molecular weight is 575 g/mol. The number of hydrogen-bond acceptors (Lipinski definition) is 6. The van der Waals surface area contributed by atoms with E-state index in [0.717, 1.165) is 68.6 Å².